The van der Waals surface area contributed by atoms with Crippen LogP contribution in [0.5, 0.6) is 0 Å². The van der Waals surface area contributed by atoms with E-state index in [1.54, 1.807) is 16.6 Å². The van der Waals surface area contributed by atoms with E-state index in [0.717, 1.165) is 5.56 Å². The van der Waals surface area contributed by atoms with Gasteiger partial charge in [0.1, 0.15) is 5.78 Å². The van der Waals surface area contributed by atoms with E-state index in [9.17, 15) is 9.36 Å². The fourth-order valence-electron chi connectivity index (χ4n) is 2.56. The van der Waals surface area contributed by atoms with Crippen LogP contribution in [0.25, 0.3) is 0 Å². The van der Waals surface area contributed by atoms with Gasteiger partial charge in [-0.1, -0.05) is 37.3 Å². The van der Waals surface area contributed by atoms with Crippen LogP contribution in [0.1, 0.15) is 25.2 Å². The van der Waals surface area contributed by atoms with Gasteiger partial charge in [-0.05, 0) is 12.5 Å². The van der Waals surface area contributed by atoms with Gasteiger partial charge in [0, 0.05) is 13.6 Å². The van der Waals surface area contributed by atoms with Gasteiger partial charge in [-0.25, -0.2) is 4.67 Å². The Kier molecular flexibility index (Phi) is 4.63. The molecule has 6 heteroatoms. The zero-order valence-corrected chi connectivity index (χ0v) is 13.0. The maximum absolute atomic E-state index is 13.4. The van der Waals surface area contributed by atoms with Gasteiger partial charge in [0.15, 0.2) is 0 Å². The van der Waals surface area contributed by atoms with Crippen molar-refractivity contribution < 1.29 is 13.9 Å². The molecule has 0 aromatic heterocycles. The van der Waals surface area contributed by atoms with Crippen molar-refractivity contribution in [2.24, 2.45) is 0 Å². The summed E-state index contributed by atoms with van der Waals surface area (Å²) >= 11 is 0. The lowest BCUT2D eigenvalue weighted by atomic mass is 10.2. The number of nitrogens with zero attached hydrogens (tertiary/aromatic N) is 2. The Balaban J connectivity index is 2.51. The highest BCUT2D eigenvalue weighted by molar-refractivity contribution is 7.57. The molecule has 1 aromatic carbocycles. The fourth-order valence-corrected chi connectivity index (χ4v) is 5.37. The third-order valence-electron chi connectivity index (χ3n) is 3.56. The predicted molar refractivity (Wildman–Crippen MR) is 78.4 cm³/mol. The van der Waals surface area contributed by atoms with E-state index >= 15 is 0 Å². The van der Waals surface area contributed by atoms with Gasteiger partial charge in [0.25, 0.3) is 7.52 Å². The molecule has 1 fully saturated rings. The highest BCUT2D eigenvalue weighted by Gasteiger charge is 2.49. The molecule has 1 aromatic rings. The number of rotatable bonds is 4. The van der Waals surface area contributed by atoms with Crippen molar-refractivity contribution in [1.82, 2.24) is 9.57 Å². The Hall–Kier alpha value is -1.16. The Morgan fingerprint density at radius 1 is 1.30 bits per heavy atom. The molecule has 2 rings (SSSR count). The fraction of sp³-hybridized carbons (Fsp3) is 0.500. The molecule has 0 N–H and O–H groups in total. The Morgan fingerprint density at radius 2 is 1.95 bits per heavy atom. The van der Waals surface area contributed by atoms with Crippen molar-refractivity contribution in [3.63, 3.8) is 0 Å². The summed E-state index contributed by atoms with van der Waals surface area (Å²) in [6.07, 6.45) is 0. The predicted octanol–water partition coefficient (Wildman–Crippen LogP) is 2.71. The van der Waals surface area contributed by atoms with Crippen LogP contribution in [0.2, 0.25) is 0 Å². The maximum atomic E-state index is 13.4. The van der Waals surface area contributed by atoms with E-state index in [2.05, 4.69) is 0 Å². The minimum Gasteiger partial charge on any atom is -0.327 e. The Bertz CT molecular complexity index is 520. The Labute approximate surface area is 120 Å². The van der Waals surface area contributed by atoms with Crippen LogP contribution in [0.15, 0.2) is 30.3 Å². The second-order valence-electron chi connectivity index (χ2n) is 4.75. The monoisotopic (exact) mass is 296 g/mol. The highest BCUT2D eigenvalue weighted by Crippen LogP contribution is 2.65. The first-order chi connectivity index (χ1) is 9.54. The lowest BCUT2D eigenvalue weighted by Gasteiger charge is -2.44. The van der Waals surface area contributed by atoms with Crippen LogP contribution in [-0.4, -0.2) is 42.2 Å². The van der Waals surface area contributed by atoms with E-state index in [-0.39, 0.29) is 12.5 Å². The van der Waals surface area contributed by atoms with E-state index in [0.29, 0.717) is 13.2 Å². The van der Waals surface area contributed by atoms with Crippen molar-refractivity contribution in [2.75, 3.05) is 26.7 Å². The first-order valence-corrected chi connectivity index (χ1v) is 8.49. The lowest BCUT2D eigenvalue weighted by Crippen LogP contribution is -2.47. The van der Waals surface area contributed by atoms with E-state index in [1.807, 2.05) is 44.2 Å². The molecule has 0 aliphatic carbocycles. The van der Waals surface area contributed by atoms with Crippen molar-refractivity contribution in [2.45, 2.75) is 19.6 Å². The number of hydrogen-bond acceptors (Lipinski definition) is 3. The third-order valence-corrected chi connectivity index (χ3v) is 6.66. The Morgan fingerprint density at radius 3 is 2.50 bits per heavy atom. The summed E-state index contributed by atoms with van der Waals surface area (Å²) in [5, 5.41) is 0. The topological polar surface area (TPSA) is 49.9 Å². The van der Waals surface area contributed by atoms with Crippen molar-refractivity contribution >= 4 is 13.4 Å². The summed E-state index contributed by atoms with van der Waals surface area (Å²) < 4.78 is 20.7. The molecule has 2 unspecified atom stereocenters. The number of carbonyl (C=O) groups excluding carboxylic acids is 1. The molecule has 5 nitrogen and oxygen atoms in total. The second kappa shape index (κ2) is 6.08. The van der Waals surface area contributed by atoms with Crippen LogP contribution >= 0.6 is 7.52 Å². The number of likely N-dealkylation sites (N-methyl/N-ethyl adjacent to an activating group) is 2. The average Bonchev–Trinajstić information content (AvgIpc) is 2.44. The van der Waals surface area contributed by atoms with Crippen LogP contribution in [0.4, 0.5) is 0 Å². The molecule has 0 spiro atoms. The molecule has 1 aliphatic heterocycles. The van der Waals surface area contributed by atoms with Gasteiger partial charge in [0.2, 0.25) is 5.91 Å². The van der Waals surface area contributed by atoms with E-state index in [4.69, 9.17) is 4.52 Å². The van der Waals surface area contributed by atoms with Gasteiger partial charge in [-0.2, -0.15) is 0 Å². The quantitative estimate of drug-likeness (QED) is 0.802. The minimum atomic E-state index is -3.11. The molecule has 1 aliphatic rings. The molecular weight excluding hydrogens is 275 g/mol. The lowest BCUT2D eigenvalue weighted by molar-refractivity contribution is -0.133. The van der Waals surface area contributed by atoms with Crippen LogP contribution < -0.4 is 0 Å². The molecule has 1 heterocycles. The first kappa shape index (κ1) is 15.2. The largest absolute Gasteiger partial charge is 0.327 e. The summed E-state index contributed by atoms with van der Waals surface area (Å²) in [7, 11) is -1.42. The molecule has 0 bridgehead atoms. The van der Waals surface area contributed by atoms with Gasteiger partial charge >= 0.3 is 0 Å². The smallest absolute Gasteiger partial charge is 0.299 e. The SMILES string of the molecule is CCOP1(=O)C(c2ccccc2)N(C)C(=O)CN1CC. The molecule has 0 radical (unpaired) electrons. The van der Waals surface area contributed by atoms with Gasteiger partial charge in [-0.15, -0.1) is 0 Å². The summed E-state index contributed by atoms with van der Waals surface area (Å²) in [6.45, 7) is 4.76. The zero-order chi connectivity index (χ0) is 14.8. The molecule has 110 valence electrons. The number of carbonyl (C=O) groups is 1. The highest BCUT2D eigenvalue weighted by atomic mass is 31.2. The van der Waals surface area contributed by atoms with Gasteiger partial charge in [-0.3, -0.25) is 9.36 Å². The maximum Gasteiger partial charge on any atom is 0.299 e. The summed E-state index contributed by atoms with van der Waals surface area (Å²) in [5.41, 5.74) is 0.846. The second-order valence-corrected chi connectivity index (χ2v) is 7.19. The molecule has 0 saturated carbocycles. The van der Waals surface area contributed by atoms with Crippen molar-refractivity contribution in [1.29, 1.82) is 0 Å². The molecule has 1 amide bonds. The molecular formula is C14H21N2O3P. The number of amides is 1. The van der Waals surface area contributed by atoms with Crippen LogP contribution in [0, 0.1) is 0 Å². The van der Waals surface area contributed by atoms with Crippen LogP contribution in [0.3, 0.4) is 0 Å². The van der Waals surface area contributed by atoms with Gasteiger partial charge < -0.3 is 9.42 Å². The molecule has 1 saturated heterocycles. The average molecular weight is 296 g/mol. The number of benzene rings is 1. The van der Waals surface area contributed by atoms with Crippen molar-refractivity contribution in [3.05, 3.63) is 35.9 Å². The first-order valence-electron chi connectivity index (χ1n) is 6.84. The molecule has 2 atom stereocenters. The summed E-state index contributed by atoms with van der Waals surface area (Å²) in [4.78, 5) is 13.7. The third kappa shape index (κ3) is 2.53. The van der Waals surface area contributed by atoms with E-state index < -0.39 is 13.3 Å². The normalized spacial score (nSPS) is 27.9. The zero-order valence-electron chi connectivity index (χ0n) is 12.2. The molecule has 20 heavy (non-hydrogen) atoms. The van der Waals surface area contributed by atoms with E-state index in [1.165, 1.54) is 0 Å². The van der Waals surface area contributed by atoms with Gasteiger partial charge in [0.05, 0.1) is 13.2 Å². The van der Waals surface area contributed by atoms with Crippen molar-refractivity contribution in [3.8, 4) is 0 Å². The number of hydrogen-bond donors (Lipinski definition) is 0. The minimum absolute atomic E-state index is 0.0353. The standard InChI is InChI=1S/C14H21N2O3P/c1-4-16-11-13(17)15(3)14(20(16,18)19-5-2)12-9-7-6-8-10-12/h6-10,14H,4-5,11H2,1-3H3. The van der Waals surface area contributed by atoms with Crippen LogP contribution in [-0.2, 0) is 13.9 Å². The summed E-state index contributed by atoms with van der Waals surface area (Å²) in [5.74, 6) is -0.572. The summed E-state index contributed by atoms with van der Waals surface area (Å²) in [6, 6.07) is 9.44.